The van der Waals surface area contributed by atoms with Gasteiger partial charge in [0.1, 0.15) is 0 Å². The van der Waals surface area contributed by atoms with E-state index in [-0.39, 0.29) is 5.54 Å². The first-order chi connectivity index (χ1) is 8.03. The van der Waals surface area contributed by atoms with Crippen LogP contribution in [0.5, 0.6) is 0 Å². The Bertz CT molecular complexity index is 220. The Hall–Kier alpha value is -0.0800. The van der Waals surface area contributed by atoms with Gasteiger partial charge in [0, 0.05) is 5.54 Å². The van der Waals surface area contributed by atoms with Crippen molar-refractivity contribution in [1.29, 1.82) is 0 Å². The molecule has 2 nitrogen and oxygen atoms in total. The van der Waals surface area contributed by atoms with Crippen molar-refractivity contribution in [1.82, 2.24) is 10.2 Å². The van der Waals surface area contributed by atoms with Gasteiger partial charge in [-0.05, 0) is 78.0 Å². The van der Waals surface area contributed by atoms with Crippen LogP contribution in [-0.2, 0) is 0 Å². The van der Waals surface area contributed by atoms with Crippen LogP contribution in [0.2, 0.25) is 0 Å². The second kappa shape index (κ2) is 5.71. The number of rotatable bonds is 5. The summed E-state index contributed by atoms with van der Waals surface area (Å²) in [6, 6.07) is 0. The Morgan fingerprint density at radius 1 is 1.00 bits per heavy atom. The van der Waals surface area contributed by atoms with Gasteiger partial charge >= 0.3 is 0 Å². The van der Waals surface area contributed by atoms with E-state index < -0.39 is 0 Å². The van der Waals surface area contributed by atoms with Crippen LogP contribution in [0.1, 0.15) is 52.9 Å². The van der Waals surface area contributed by atoms with E-state index in [1.54, 1.807) is 0 Å². The second-order valence-electron chi connectivity index (χ2n) is 7.15. The first-order valence-electron chi connectivity index (χ1n) is 7.50. The van der Waals surface area contributed by atoms with E-state index in [0.717, 1.165) is 11.8 Å². The van der Waals surface area contributed by atoms with Crippen LogP contribution in [0.15, 0.2) is 0 Å². The van der Waals surface area contributed by atoms with Crippen molar-refractivity contribution in [3.05, 3.63) is 0 Å². The molecule has 1 saturated heterocycles. The van der Waals surface area contributed by atoms with Gasteiger partial charge in [-0.25, -0.2) is 0 Å². The average molecular weight is 238 g/mol. The minimum absolute atomic E-state index is 0.281. The van der Waals surface area contributed by atoms with Gasteiger partial charge in [0.05, 0.1) is 0 Å². The van der Waals surface area contributed by atoms with E-state index in [9.17, 15) is 0 Å². The zero-order chi connectivity index (χ0) is 12.3. The first-order valence-corrected chi connectivity index (χ1v) is 7.50. The van der Waals surface area contributed by atoms with E-state index >= 15 is 0 Å². The zero-order valence-corrected chi connectivity index (χ0v) is 12.0. The second-order valence-corrected chi connectivity index (χ2v) is 7.15. The fourth-order valence-corrected chi connectivity index (χ4v) is 2.64. The number of hydrogen-bond acceptors (Lipinski definition) is 2. The molecule has 0 spiro atoms. The molecule has 17 heavy (non-hydrogen) atoms. The minimum atomic E-state index is 0.281. The normalized spacial score (nSPS) is 24.2. The van der Waals surface area contributed by atoms with Gasteiger partial charge in [-0.3, -0.25) is 0 Å². The summed E-state index contributed by atoms with van der Waals surface area (Å²) in [4.78, 5) is 2.69. The van der Waals surface area contributed by atoms with E-state index in [4.69, 9.17) is 0 Å². The van der Waals surface area contributed by atoms with E-state index in [2.05, 4.69) is 31.0 Å². The SMILES string of the molecule is CC(C)(C)NCC1CCN(CCC2CC2)CC1. The number of likely N-dealkylation sites (tertiary alicyclic amines) is 1. The van der Waals surface area contributed by atoms with Crippen molar-refractivity contribution in [3.63, 3.8) is 0 Å². The Balaban J connectivity index is 1.56. The van der Waals surface area contributed by atoms with Crippen LogP contribution < -0.4 is 5.32 Å². The highest BCUT2D eigenvalue weighted by Gasteiger charge is 2.24. The summed E-state index contributed by atoms with van der Waals surface area (Å²) in [5.41, 5.74) is 0.281. The van der Waals surface area contributed by atoms with Gasteiger partial charge in [0.2, 0.25) is 0 Å². The summed E-state index contributed by atoms with van der Waals surface area (Å²) in [7, 11) is 0. The standard InChI is InChI=1S/C15H30N2/c1-15(2,3)16-12-14-7-10-17(11-8-14)9-6-13-4-5-13/h13-14,16H,4-12H2,1-3H3. The van der Waals surface area contributed by atoms with Gasteiger partial charge in [-0.2, -0.15) is 0 Å². The third kappa shape index (κ3) is 5.39. The van der Waals surface area contributed by atoms with Gasteiger partial charge in [0.25, 0.3) is 0 Å². The molecule has 1 aliphatic heterocycles. The molecule has 2 aliphatic rings. The fourth-order valence-electron chi connectivity index (χ4n) is 2.64. The average Bonchev–Trinajstić information content (AvgIpc) is 3.08. The van der Waals surface area contributed by atoms with Crippen molar-refractivity contribution < 1.29 is 0 Å². The van der Waals surface area contributed by atoms with E-state index in [1.165, 1.54) is 58.3 Å². The first kappa shape index (κ1) is 13.4. The molecule has 1 heterocycles. The molecule has 0 aromatic rings. The molecule has 0 aromatic carbocycles. The summed E-state index contributed by atoms with van der Waals surface area (Å²) in [5, 5.41) is 3.65. The maximum atomic E-state index is 3.65. The predicted octanol–water partition coefficient (Wildman–Crippen LogP) is 2.89. The maximum absolute atomic E-state index is 3.65. The molecule has 0 aromatic heterocycles. The minimum Gasteiger partial charge on any atom is -0.312 e. The lowest BCUT2D eigenvalue weighted by Gasteiger charge is -2.33. The molecule has 0 amide bonds. The number of nitrogens with one attached hydrogen (secondary N) is 1. The number of piperidine rings is 1. The Labute approximate surface area is 107 Å². The molecule has 100 valence electrons. The van der Waals surface area contributed by atoms with E-state index in [0.29, 0.717) is 0 Å². The van der Waals surface area contributed by atoms with Crippen LogP contribution >= 0.6 is 0 Å². The highest BCUT2D eigenvalue weighted by Crippen LogP contribution is 2.32. The number of hydrogen-bond donors (Lipinski definition) is 1. The molecule has 2 fully saturated rings. The lowest BCUT2D eigenvalue weighted by Crippen LogP contribution is -2.43. The van der Waals surface area contributed by atoms with Crippen molar-refractivity contribution in [2.24, 2.45) is 11.8 Å². The van der Waals surface area contributed by atoms with Crippen molar-refractivity contribution in [2.75, 3.05) is 26.2 Å². The molecular weight excluding hydrogens is 208 g/mol. The largest absolute Gasteiger partial charge is 0.312 e. The zero-order valence-electron chi connectivity index (χ0n) is 12.0. The Kier molecular flexibility index (Phi) is 4.48. The fraction of sp³-hybridized carbons (Fsp3) is 1.00. The molecule has 2 heteroatoms. The molecule has 0 bridgehead atoms. The summed E-state index contributed by atoms with van der Waals surface area (Å²) in [6.45, 7) is 12.0. The highest BCUT2D eigenvalue weighted by atomic mass is 15.1. The third-order valence-electron chi connectivity index (χ3n) is 4.18. The van der Waals surface area contributed by atoms with Crippen molar-refractivity contribution >= 4 is 0 Å². The maximum Gasteiger partial charge on any atom is 0.00966 e. The monoisotopic (exact) mass is 238 g/mol. The molecule has 1 aliphatic carbocycles. The Morgan fingerprint density at radius 3 is 2.18 bits per heavy atom. The Morgan fingerprint density at radius 2 is 1.65 bits per heavy atom. The number of nitrogens with zero attached hydrogens (tertiary/aromatic N) is 1. The summed E-state index contributed by atoms with van der Waals surface area (Å²) in [6.07, 6.45) is 7.27. The lowest BCUT2D eigenvalue weighted by atomic mass is 9.95. The quantitative estimate of drug-likeness (QED) is 0.792. The van der Waals surface area contributed by atoms with Gasteiger partial charge < -0.3 is 10.2 Å². The van der Waals surface area contributed by atoms with Gasteiger partial charge in [-0.1, -0.05) is 12.8 Å². The topological polar surface area (TPSA) is 15.3 Å². The van der Waals surface area contributed by atoms with Crippen LogP contribution in [0.3, 0.4) is 0 Å². The van der Waals surface area contributed by atoms with Gasteiger partial charge in [-0.15, -0.1) is 0 Å². The molecule has 0 radical (unpaired) electrons. The molecule has 0 unspecified atom stereocenters. The summed E-state index contributed by atoms with van der Waals surface area (Å²) in [5.74, 6) is 2.00. The third-order valence-corrected chi connectivity index (χ3v) is 4.18. The molecule has 1 N–H and O–H groups in total. The van der Waals surface area contributed by atoms with Gasteiger partial charge in [0.15, 0.2) is 0 Å². The summed E-state index contributed by atoms with van der Waals surface area (Å²) >= 11 is 0. The van der Waals surface area contributed by atoms with Crippen molar-refractivity contribution in [2.45, 2.75) is 58.4 Å². The lowest BCUT2D eigenvalue weighted by molar-refractivity contribution is 0.173. The molecule has 2 rings (SSSR count). The van der Waals surface area contributed by atoms with Crippen LogP contribution in [0, 0.1) is 11.8 Å². The smallest absolute Gasteiger partial charge is 0.00966 e. The van der Waals surface area contributed by atoms with E-state index in [1.807, 2.05) is 0 Å². The predicted molar refractivity (Wildman–Crippen MR) is 74.3 cm³/mol. The van der Waals surface area contributed by atoms with Crippen molar-refractivity contribution in [3.8, 4) is 0 Å². The van der Waals surface area contributed by atoms with Crippen LogP contribution in [0.4, 0.5) is 0 Å². The van der Waals surface area contributed by atoms with Crippen LogP contribution in [0.25, 0.3) is 0 Å². The molecule has 0 atom stereocenters. The summed E-state index contributed by atoms with van der Waals surface area (Å²) < 4.78 is 0. The molecular formula is C15H30N2. The highest BCUT2D eigenvalue weighted by molar-refractivity contribution is 4.80. The molecule has 1 saturated carbocycles. The van der Waals surface area contributed by atoms with Crippen LogP contribution in [-0.4, -0.2) is 36.6 Å².